The van der Waals surface area contributed by atoms with Crippen LogP contribution in [0.25, 0.3) is 0 Å². The Balaban J connectivity index is 2.28. The summed E-state index contributed by atoms with van der Waals surface area (Å²) in [6, 6.07) is 9.10. The molecule has 5 nitrogen and oxygen atoms in total. The van der Waals surface area contributed by atoms with E-state index in [0.717, 1.165) is 5.56 Å². The second-order valence-electron chi connectivity index (χ2n) is 2.76. The van der Waals surface area contributed by atoms with Crippen LogP contribution in [0, 0.1) is 0 Å². The normalized spacial score (nSPS) is 9.33. The van der Waals surface area contributed by atoms with E-state index in [1.807, 2.05) is 18.2 Å². The molecule has 0 heterocycles. The zero-order valence-corrected chi connectivity index (χ0v) is 8.01. The Labute approximate surface area is 86.8 Å². The Bertz CT molecular complexity index is 337. The highest BCUT2D eigenvalue weighted by molar-refractivity contribution is 5.72. The van der Waals surface area contributed by atoms with Crippen molar-refractivity contribution in [1.29, 1.82) is 0 Å². The molecular weight excluding hydrogens is 198 g/mol. The standard InChI is InChI=1S/C10H11NO4/c11-10(13)15-7-14-9(12)6-8-4-2-1-3-5-8/h1-5H,6-7H2,(H2,11,13). The molecule has 0 aliphatic rings. The van der Waals surface area contributed by atoms with Gasteiger partial charge in [0.25, 0.3) is 0 Å². The van der Waals surface area contributed by atoms with Crippen LogP contribution in [0.15, 0.2) is 30.3 Å². The maximum atomic E-state index is 11.1. The van der Waals surface area contributed by atoms with E-state index in [1.54, 1.807) is 12.1 Å². The van der Waals surface area contributed by atoms with Gasteiger partial charge < -0.3 is 15.2 Å². The number of ether oxygens (including phenoxy) is 2. The molecule has 0 aliphatic carbocycles. The van der Waals surface area contributed by atoms with Gasteiger partial charge in [-0.05, 0) is 5.56 Å². The second kappa shape index (κ2) is 5.64. The summed E-state index contributed by atoms with van der Waals surface area (Å²) in [5.41, 5.74) is 5.51. The van der Waals surface area contributed by atoms with Gasteiger partial charge >= 0.3 is 12.1 Å². The average Bonchev–Trinajstić information content (AvgIpc) is 2.18. The van der Waals surface area contributed by atoms with E-state index in [-0.39, 0.29) is 6.42 Å². The summed E-state index contributed by atoms with van der Waals surface area (Å²) in [4.78, 5) is 21.3. The molecular formula is C10H11NO4. The molecule has 1 amide bonds. The van der Waals surface area contributed by atoms with Gasteiger partial charge in [-0.1, -0.05) is 30.3 Å². The number of nitrogens with two attached hydrogens (primary N) is 1. The lowest BCUT2D eigenvalue weighted by atomic mass is 10.2. The molecule has 0 atom stereocenters. The van der Waals surface area contributed by atoms with E-state index in [2.05, 4.69) is 15.2 Å². The van der Waals surface area contributed by atoms with Crippen molar-refractivity contribution in [2.75, 3.05) is 6.79 Å². The van der Waals surface area contributed by atoms with Gasteiger partial charge in [-0.2, -0.15) is 0 Å². The first-order valence-corrected chi connectivity index (χ1v) is 4.30. The molecule has 2 N–H and O–H groups in total. The van der Waals surface area contributed by atoms with E-state index in [4.69, 9.17) is 0 Å². The molecule has 5 heteroatoms. The molecule has 0 fully saturated rings. The lowest BCUT2D eigenvalue weighted by Gasteiger charge is -2.03. The van der Waals surface area contributed by atoms with Gasteiger partial charge in [-0.15, -0.1) is 0 Å². The van der Waals surface area contributed by atoms with Gasteiger partial charge in [0.1, 0.15) is 0 Å². The van der Waals surface area contributed by atoms with Crippen LogP contribution in [0.5, 0.6) is 0 Å². The smallest absolute Gasteiger partial charge is 0.407 e. The first-order chi connectivity index (χ1) is 7.18. The maximum absolute atomic E-state index is 11.1. The van der Waals surface area contributed by atoms with Crippen molar-refractivity contribution in [3.63, 3.8) is 0 Å². The lowest BCUT2D eigenvalue weighted by molar-refractivity contribution is -0.150. The highest BCUT2D eigenvalue weighted by atomic mass is 16.7. The van der Waals surface area contributed by atoms with Gasteiger partial charge in [-0.3, -0.25) is 4.79 Å². The predicted octanol–water partition coefficient (Wildman–Crippen LogP) is 0.825. The highest BCUT2D eigenvalue weighted by Crippen LogP contribution is 2.00. The molecule has 80 valence electrons. The van der Waals surface area contributed by atoms with Gasteiger partial charge in [0, 0.05) is 0 Å². The molecule has 0 unspecified atom stereocenters. The van der Waals surface area contributed by atoms with Crippen molar-refractivity contribution in [2.24, 2.45) is 5.73 Å². The Morgan fingerprint density at radius 3 is 2.40 bits per heavy atom. The summed E-state index contributed by atoms with van der Waals surface area (Å²) in [6.07, 6.45) is -0.828. The third kappa shape index (κ3) is 4.66. The first-order valence-electron chi connectivity index (χ1n) is 4.30. The van der Waals surface area contributed by atoms with Crippen molar-refractivity contribution in [2.45, 2.75) is 6.42 Å². The third-order valence-electron chi connectivity index (χ3n) is 1.61. The fourth-order valence-corrected chi connectivity index (χ4v) is 0.967. The number of carbonyl (C=O) groups excluding carboxylic acids is 2. The fourth-order valence-electron chi connectivity index (χ4n) is 0.967. The third-order valence-corrected chi connectivity index (χ3v) is 1.61. The minimum absolute atomic E-state index is 0.142. The van der Waals surface area contributed by atoms with E-state index in [1.165, 1.54) is 0 Å². The monoisotopic (exact) mass is 209 g/mol. The van der Waals surface area contributed by atoms with Crippen molar-refractivity contribution < 1.29 is 19.1 Å². The number of rotatable bonds is 4. The van der Waals surface area contributed by atoms with Crippen molar-refractivity contribution in [1.82, 2.24) is 0 Å². The number of carbonyl (C=O) groups is 2. The molecule has 0 saturated carbocycles. The fraction of sp³-hybridized carbons (Fsp3) is 0.200. The molecule has 0 aliphatic heterocycles. The van der Waals surface area contributed by atoms with Crippen molar-refractivity contribution >= 4 is 12.1 Å². The summed E-state index contributed by atoms with van der Waals surface area (Å²) < 4.78 is 8.84. The SMILES string of the molecule is NC(=O)OCOC(=O)Cc1ccccc1. The number of hydrogen-bond donors (Lipinski definition) is 1. The molecule has 0 bridgehead atoms. The van der Waals surface area contributed by atoms with Gasteiger partial charge in [-0.25, -0.2) is 4.79 Å². The zero-order chi connectivity index (χ0) is 11.1. The van der Waals surface area contributed by atoms with E-state index in [0.29, 0.717) is 0 Å². The average molecular weight is 209 g/mol. The van der Waals surface area contributed by atoms with E-state index < -0.39 is 18.9 Å². The molecule has 1 aromatic carbocycles. The Hall–Kier alpha value is -2.04. The summed E-state index contributed by atoms with van der Waals surface area (Å²) in [7, 11) is 0. The van der Waals surface area contributed by atoms with Crippen LogP contribution in [-0.4, -0.2) is 18.9 Å². The second-order valence-corrected chi connectivity index (χ2v) is 2.76. The number of amides is 1. The first kappa shape index (κ1) is 11.0. The summed E-state index contributed by atoms with van der Waals surface area (Å²) in [6.45, 7) is -0.443. The largest absolute Gasteiger partial charge is 0.428 e. The van der Waals surface area contributed by atoms with Crippen molar-refractivity contribution in [3.05, 3.63) is 35.9 Å². The van der Waals surface area contributed by atoms with Gasteiger partial charge in [0.15, 0.2) is 0 Å². The summed E-state index contributed by atoms with van der Waals surface area (Å²) >= 11 is 0. The summed E-state index contributed by atoms with van der Waals surface area (Å²) in [5.74, 6) is -0.470. The molecule has 0 aromatic heterocycles. The van der Waals surface area contributed by atoms with Crippen LogP contribution in [-0.2, 0) is 20.7 Å². The topological polar surface area (TPSA) is 78.6 Å². The van der Waals surface area contributed by atoms with Crippen LogP contribution in [0.3, 0.4) is 0 Å². The van der Waals surface area contributed by atoms with Crippen LogP contribution in [0.1, 0.15) is 5.56 Å². The number of esters is 1. The molecule has 1 aromatic rings. The molecule has 0 saturated heterocycles. The Morgan fingerprint density at radius 2 is 1.80 bits per heavy atom. The highest BCUT2D eigenvalue weighted by Gasteiger charge is 2.04. The van der Waals surface area contributed by atoms with Crippen LogP contribution in [0.2, 0.25) is 0 Å². The lowest BCUT2D eigenvalue weighted by Crippen LogP contribution is -2.18. The molecule has 1 rings (SSSR count). The molecule has 0 radical (unpaired) electrons. The van der Waals surface area contributed by atoms with Gasteiger partial charge in [0.2, 0.25) is 6.79 Å². The Morgan fingerprint density at radius 1 is 1.13 bits per heavy atom. The maximum Gasteiger partial charge on any atom is 0.407 e. The quantitative estimate of drug-likeness (QED) is 0.588. The van der Waals surface area contributed by atoms with Crippen LogP contribution in [0.4, 0.5) is 4.79 Å². The minimum Gasteiger partial charge on any atom is -0.428 e. The van der Waals surface area contributed by atoms with Crippen molar-refractivity contribution in [3.8, 4) is 0 Å². The molecule has 0 spiro atoms. The number of primary amides is 1. The number of hydrogen-bond acceptors (Lipinski definition) is 4. The Kier molecular flexibility index (Phi) is 4.15. The molecule has 15 heavy (non-hydrogen) atoms. The van der Waals surface area contributed by atoms with Gasteiger partial charge in [0.05, 0.1) is 6.42 Å². The zero-order valence-electron chi connectivity index (χ0n) is 8.01. The minimum atomic E-state index is -0.970. The number of benzene rings is 1. The van der Waals surface area contributed by atoms with Crippen LogP contribution < -0.4 is 5.73 Å². The van der Waals surface area contributed by atoms with E-state index >= 15 is 0 Å². The van der Waals surface area contributed by atoms with E-state index in [9.17, 15) is 9.59 Å². The summed E-state index contributed by atoms with van der Waals surface area (Å²) in [5, 5.41) is 0. The van der Waals surface area contributed by atoms with Crippen LogP contribution >= 0.6 is 0 Å². The predicted molar refractivity (Wildman–Crippen MR) is 51.8 cm³/mol.